The van der Waals surface area contributed by atoms with Crippen LogP contribution in [0.1, 0.15) is 0 Å². The molecule has 0 fully saturated rings. The van der Waals surface area contributed by atoms with Crippen molar-refractivity contribution in [2.75, 3.05) is 13.2 Å². The molecule has 2 atom stereocenters. The van der Waals surface area contributed by atoms with E-state index in [4.69, 9.17) is 9.79 Å². The van der Waals surface area contributed by atoms with Crippen LogP contribution >= 0.6 is 15.8 Å². The lowest BCUT2D eigenvalue weighted by Crippen LogP contribution is -1.98. The van der Waals surface area contributed by atoms with Crippen LogP contribution in [0.3, 0.4) is 0 Å². The minimum atomic E-state index is -5.12. The van der Waals surface area contributed by atoms with Gasteiger partial charge < -0.3 is 0 Å². The van der Waals surface area contributed by atoms with Crippen LogP contribution in [0.25, 0.3) is 0 Å². The van der Waals surface area contributed by atoms with Gasteiger partial charge in [-0.1, -0.05) is 0 Å². The highest BCUT2D eigenvalue weighted by Gasteiger charge is 2.20. The minimum Gasteiger partial charge on any atom is -0.299 e. The van der Waals surface area contributed by atoms with Gasteiger partial charge in [-0.05, 0) is 0 Å². The fourth-order valence-electron chi connectivity index (χ4n) is 0.300. The van der Waals surface area contributed by atoms with Gasteiger partial charge in [0, 0.05) is 0 Å². The predicted molar refractivity (Wildman–Crippen MR) is 33.8 cm³/mol. The molecule has 0 saturated carbocycles. The molecule has 0 saturated heterocycles. The Labute approximate surface area is 66.4 Å². The third kappa shape index (κ3) is 10.2. The van der Waals surface area contributed by atoms with Gasteiger partial charge in [-0.25, -0.2) is 9.13 Å². The van der Waals surface area contributed by atoms with Crippen molar-refractivity contribution < 1.29 is 36.4 Å². The molecule has 10 heteroatoms. The van der Waals surface area contributed by atoms with Crippen molar-refractivity contribution in [2.24, 2.45) is 0 Å². The summed E-state index contributed by atoms with van der Waals surface area (Å²) < 4.78 is 49.8. The van der Waals surface area contributed by atoms with Crippen LogP contribution in [0.4, 0.5) is 8.39 Å². The Morgan fingerprint density at radius 1 is 1.00 bits per heavy atom. The van der Waals surface area contributed by atoms with E-state index in [-0.39, 0.29) is 0 Å². The summed E-state index contributed by atoms with van der Waals surface area (Å²) in [4.78, 5) is 15.7. The molecule has 0 amide bonds. The van der Waals surface area contributed by atoms with E-state index in [0.717, 1.165) is 0 Å². The molecule has 0 rings (SSSR count). The maximum Gasteiger partial charge on any atom is 0.510 e. The summed E-state index contributed by atoms with van der Waals surface area (Å²) in [6.45, 7) is -1.59. The molecule has 0 heterocycles. The molecule has 0 radical (unpaired) electrons. The van der Waals surface area contributed by atoms with Crippen molar-refractivity contribution in [3.05, 3.63) is 0 Å². The Morgan fingerprint density at radius 2 is 1.25 bits per heavy atom. The molecule has 0 aliphatic rings. The molecule has 2 unspecified atom stereocenters. The highest BCUT2D eigenvalue weighted by Crippen LogP contribution is 2.45. The first-order valence-electron chi connectivity index (χ1n) is 2.55. The van der Waals surface area contributed by atoms with Gasteiger partial charge in [0.1, 0.15) is 0 Å². The lowest BCUT2D eigenvalue weighted by atomic mass is 10.8. The van der Waals surface area contributed by atoms with E-state index < -0.39 is 29.0 Å². The molecular formula is C2H6F2O6P2. The molecule has 12 heavy (non-hydrogen) atoms. The summed E-state index contributed by atoms with van der Waals surface area (Å²) in [5, 5.41) is 0. The van der Waals surface area contributed by atoms with E-state index in [1.54, 1.807) is 0 Å². The van der Waals surface area contributed by atoms with Crippen LogP contribution in [0.15, 0.2) is 0 Å². The molecule has 0 aromatic carbocycles. The monoisotopic (exact) mass is 226 g/mol. The van der Waals surface area contributed by atoms with Crippen molar-refractivity contribution in [1.29, 1.82) is 0 Å². The Hall–Kier alpha value is 0.160. The molecule has 0 aliphatic heterocycles. The molecule has 0 spiro atoms. The number of hydrogen-bond donors (Lipinski definition) is 2. The van der Waals surface area contributed by atoms with Gasteiger partial charge in [0.15, 0.2) is 0 Å². The van der Waals surface area contributed by atoms with Gasteiger partial charge in [0.2, 0.25) is 0 Å². The maximum absolute atomic E-state index is 11.6. The molecule has 0 aromatic rings. The van der Waals surface area contributed by atoms with E-state index in [2.05, 4.69) is 9.05 Å². The first kappa shape index (κ1) is 12.2. The van der Waals surface area contributed by atoms with Gasteiger partial charge in [0.05, 0.1) is 13.2 Å². The number of hydrogen-bond acceptors (Lipinski definition) is 4. The van der Waals surface area contributed by atoms with Crippen molar-refractivity contribution in [2.45, 2.75) is 0 Å². The average molecular weight is 226 g/mol. The fraction of sp³-hybridized carbons (Fsp3) is 1.00. The van der Waals surface area contributed by atoms with Crippen LogP contribution in [-0.2, 0) is 18.2 Å². The van der Waals surface area contributed by atoms with E-state index >= 15 is 0 Å². The van der Waals surface area contributed by atoms with E-state index in [9.17, 15) is 17.5 Å². The zero-order valence-electron chi connectivity index (χ0n) is 5.59. The van der Waals surface area contributed by atoms with Crippen molar-refractivity contribution >= 4 is 15.8 Å². The topological polar surface area (TPSA) is 93.1 Å². The molecule has 6 nitrogen and oxygen atoms in total. The van der Waals surface area contributed by atoms with Crippen molar-refractivity contribution in [3.8, 4) is 0 Å². The zero-order valence-corrected chi connectivity index (χ0v) is 7.38. The van der Waals surface area contributed by atoms with Gasteiger partial charge in [-0.3, -0.25) is 18.8 Å². The second-order valence-electron chi connectivity index (χ2n) is 1.57. The lowest BCUT2D eigenvalue weighted by Gasteiger charge is -2.03. The van der Waals surface area contributed by atoms with Gasteiger partial charge in [-0.15, -0.1) is 8.39 Å². The SMILES string of the molecule is O=P(O)(F)OCCOP(=O)(O)F. The quantitative estimate of drug-likeness (QED) is 0.539. The summed E-state index contributed by atoms with van der Waals surface area (Å²) >= 11 is 0. The Morgan fingerprint density at radius 3 is 1.42 bits per heavy atom. The smallest absolute Gasteiger partial charge is 0.299 e. The molecule has 0 bridgehead atoms. The van der Waals surface area contributed by atoms with E-state index in [1.807, 2.05) is 0 Å². The van der Waals surface area contributed by atoms with Crippen molar-refractivity contribution in [1.82, 2.24) is 0 Å². The van der Waals surface area contributed by atoms with Crippen molar-refractivity contribution in [3.63, 3.8) is 0 Å². The first-order valence-corrected chi connectivity index (χ1v) is 5.48. The second-order valence-corrected chi connectivity index (χ2v) is 3.89. The minimum absolute atomic E-state index is 0.793. The Balaban J connectivity index is 3.48. The summed E-state index contributed by atoms with van der Waals surface area (Å²) in [6.07, 6.45) is 0. The number of halogens is 2. The second kappa shape index (κ2) is 4.41. The summed E-state index contributed by atoms with van der Waals surface area (Å²) in [6, 6.07) is 0. The lowest BCUT2D eigenvalue weighted by molar-refractivity contribution is 0.155. The molecule has 0 aliphatic carbocycles. The van der Waals surface area contributed by atoms with Crippen LogP contribution in [0.5, 0.6) is 0 Å². The third-order valence-corrected chi connectivity index (χ3v) is 1.59. The predicted octanol–water partition coefficient (Wildman–Crippen LogP) is 1.16. The molecule has 74 valence electrons. The van der Waals surface area contributed by atoms with Crippen LogP contribution in [0, 0.1) is 0 Å². The molecule has 0 aromatic heterocycles. The summed E-state index contributed by atoms with van der Waals surface area (Å²) in [5.41, 5.74) is 0. The first-order chi connectivity index (χ1) is 5.21. The zero-order chi connectivity index (χ0) is 9.83. The summed E-state index contributed by atoms with van der Waals surface area (Å²) in [5.74, 6) is 0. The maximum atomic E-state index is 11.6. The van der Waals surface area contributed by atoms with E-state index in [1.165, 1.54) is 0 Å². The standard InChI is InChI=1S/C2H6F2O6P2/c3-11(5,6)9-1-2-10-12(4,7)8/h1-2H2,(H,5,6)(H,7,8). The van der Waals surface area contributed by atoms with Crippen LogP contribution in [-0.4, -0.2) is 23.0 Å². The third-order valence-electron chi connectivity index (χ3n) is 0.584. The fourth-order valence-corrected chi connectivity index (χ4v) is 0.899. The van der Waals surface area contributed by atoms with Gasteiger partial charge in [0.25, 0.3) is 0 Å². The molecular weight excluding hydrogens is 220 g/mol. The van der Waals surface area contributed by atoms with E-state index in [0.29, 0.717) is 0 Å². The summed E-state index contributed by atoms with van der Waals surface area (Å²) in [7, 11) is -10.2. The number of rotatable bonds is 5. The van der Waals surface area contributed by atoms with Crippen LogP contribution < -0.4 is 0 Å². The van der Waals surface area contributed by atoms with Crippen LogP contribution in [0.2, 0.25) is 0 Å². The Kier molecular flexibility index (Phi) is 4.47. The molecule has 2 N–H and O–H groups in total. The highest BCUT2D eigenvalue weighted by atomic mass is 31.2. The van der Waals surface area contributed by atoms with Gasteiger partial charge >= 0.3 is 15.8 Å². The average Bonchev–Trinajstić information content (AvgIpc) is 1.76. The Bertz CT molecular complexity index is 194. The normalized spacial score (nSPS) is 21.3. The highest BCUT2D eigenvalue weighted by molar-refractivity contribution is 7.47. The van der Waals surface area contributed by atoms with Gasteiger partial charge in [-0.2, -0.15) is 0 Å². The largest absolute Gasteiger partial charge is 0.510 e.